The number of benzene rings is 1. The van der Waals surface area contributed by atoms with E-state index in [1.54, 1.807) is 0 Å². The molecular formula is C25H18F6N4O4. The molecule has 3 aromatic rings. The Morgan fingerprint density at radius 2 is 1.72 bits per heavy atom. The van der Waals surface area contributed by atoms with Crippen LogP contribution >= 0.6 is 0 Å². The predicted octanol–water partition coefficient (Wildman–Crippen LogP) is 3.12. The van der Waals surface area contributed by atoms with E-state index in [1.807, 2.05) is 0 Å². The van der Waals surface area contributed by atoms with Crippen LogP contribution < -0.4 is 15.6 Å². The Labute approximate surface area is 214 Å². The fourth-order valence-corrected chi connectivity index (χ4v) is 5.88. The van der Waals surface area contributed by atoms with Gasteiger partial charge in [-0.05, 0) is 31.4 Å². The minimum absolute atomic E-state index is 0.0522. The Balaban J connectivity index is 1.47. The molecule has 2 N–H and O–H groups in total. The highest BCUT2D eigenvalue weighted by atomic mass is 19.4. The van der Waals surface area contributed by atoms with Crippen LogP contribution in [0.25, 0.3) is 16.7 Å². The molecule has 39 heavy (non-hydrogen) atoms. The number of hydrogen-bond donors (Lipinski definition) is 2. The number of aliphatic hydroxyl groups excluding tert-OH is 1. The summed E-state index contributed by atoms with van der Waals surface area (Å²) in [6.45, 7) is -0.122. The van der Waals surface area contributed by atoms with Crippen molar-refractivity contribution in [1.29, 1.82) is 0 Å². The third-order valence-corrected chi connectivity index (χ3v) is 7.69. The van der Waals surface area contributed by atoms with Gasteiger partial charge in [-0.3, -0.25) is 23.9 Å². The summed E-state index contributed by atoms with van der Waals surface area (Å²) in [6, 6.07) is 3.18. The number of nitrogens with one attached hydrogen (secondary N) is 1. The number of aromatic nitrogens is 2. The second kappa shape index (κ2) is 8.04. The van der Waals surface area contributed by atoms with Crippen LogP contribution in [0.3, 0.4) is 0 Å². The first-order valence-corrected chi connectivity index (χ1v) is 11.8. The number of alkyl halides is 3. The minimum atomic E-state index is -4.43. The van der Waals surface area contributed by atoms with Gasteiger partial charge in [0.1, 0.15) is 22.9 Å². The average molecular weight is 552 g/mol. The number of halogens is 6. The summed E-state index contributed by atoms with van der Waals surface area (Å²) >= 11 is 0. The number of carbonyl (C=O) groups is 2. The fraction of sp³-hybridized carbons (Fsp3) is 0.360. The molecule has 2 amide bonds. The first kappa shape index (κ1) is 25.3. The normalized spacial score (nSPS) is 26.0. The van der Waals surface area contributed by atoms with Crippen LogP contribution in [0.2, 0.25) is 0 Å². The number of rotatable bonds is 4. The second-order valence-electron chi connectivity index (χ2n) is 10.4. The lowest BCUT2D eigenvalue weighted by Gasteiger charge is -2.70. The molecule has 1 aromatic carbocycles. The Morgan fingerprint density at radius 1 is 1.08 bits per heavy atom. The van der Waals surface area contributed by atoms with Gasteiger partial charge in [0.25, 0.3) is 5.91 Å². The molecule has 2 bridgehead atoms. The largest absolute Gasteiger partial charge is 0.394 e. The zero-order valence-corrected chi connectivity index (χ0v) is 19.8. The fourth-order valence-electron chi connectivity index (χ4n) is 5.88. The monoisotopic (exact) mass is 552 g/mol. The number of aliphatic hydroxyl groups is 1. The van der Waals surface area contributed by atoms with Gasteiger partial charge < -0.3 is 10.4 Å². The zero-order valence-electron chi connectivity index (χ0n) is 19.8. The Kier molecular flexibility index (Phi) is 5.22. The number of carbonyl (C=O) groups excluding carboxylic acids is 2. The Morgan fingerprint density at radius 3 is 2.28 bits per heavy atom. The molecular weight excluding hydrogens is 534 g/mol. The lowest BCUT2D eigenvalue weighted by atomic mass is 9.39. The average Bonchev–Trinajstić information content (AvgIpc) is 3.12. The molecule has 1 saturated heterocycles. The second-order valence-corrected chi connectivity index (χ2v) is 10.4. The van der Waals surface area contributed by atoms with Crippen molar-refractivity contribution in [3.05, 3.63) is 63.7 Å². The number of anilines is 1. The molecule has 0 unspecified atom stereocenters. The molecule has 0 spiro atoms. The van der Waals surface area contributed by atoms with Crippen LogP contribution in [0.15, 0.2) is 35.3 Å². The SMILES string of the molecule is O=C(NC12CC(C(F)(F)F)(C1)C2)c1cn(-c2c(F)cc(F)cc2F)c2nc(N3C[C@@H](O)CC3=O)ccc2c1=O. The van der Waals surface area contributed by atoms with E-state index >= 15 is 0 Å². The van der Waals surface area contributed by atoms with Crippen molar-refractivity contribution in [2.45, 2.75) is 43.5 Å². The molecule has 204 valence electrons. The van der Waals surface area contributed by atoms with Crippen molar-refractivity contribution in [2.24, 2.45) is 5.41 Å². The van der Waals surface area contributed by atoms with Crippen LogP contribution in [-0.2, 0) is 4.79 Å². The third kappa shape index (κ3) is 3.72. The summed E-state index contributed by atoms with van der Waals surface area (Å²) in [4.78, 5) is 44.0. The van der Waals surface area contributed by atoms with E-state index < -0.39 is 69.2 Å². The smallest absolute Gasteiger partial charge is 0.391 e. The highest BCUT2D eigenvalue weighted by Gasteiger charge is 2.79. The summed E-state index contributed by atoms with van der Waals surface area (Å²) in [7, 11) is 0. The lowest BCUT2D eigenvalue weighted by Crippen LogP contribution is -2.78. The summed E-state index contributed by atoms with van der Waals surface area (Å²) in [5, 5.41) is 12.0. The van der Waals surface area contributed by atoms with Gasteiger partial charge in [0.05, 0.1) is 29.9 Å². The van der Waals surface area contributed by atoms with Crippen molar-refractivity contribution < 1.29 is 41.0 Å². The van der Waals surface area contributed by atoms with E-state index in [9.17, 15) is 45.8 Å². The number of hydrogen-bond acceptors (Lipinski definition) is 5. The van der Waals surface area contributed by atoms with Gasteiger partial charge in [-0.1, -0.05) is 0 Å². The number of pyridine rings is 2. The van der Waals surface area contributed by atoms with Gasteiger partial charge in [0.2, 0.25) is 11.3 Å². The van der Waals surface area contributed by atoms with Crippen LogP contribution in [0.5, 0.6) is 0 Å². The topological polar surface area (TPSA) is 105 Å². The van der Waals surface area contributed by atoms with Crippen LogP contribution in [-0.4, -0.2) is 50.8 Å². The molecule has 2 aromatic heterocycles. The summed E-state index contributed by atoms with van der Waals surface area (Å²) < 4.78 is 83.7. The Hall–Kier alpha value is -3.94. The maximum absolute atomic E-state index is 14.9. The minimum Gasteiger partial charge on any atom is -0.391 e. The van der Waals surface area contributed by atoms with Crippen molar-refractivity contribution in [2.75, 3.05) is 11.4 Å². The maximum atomic E-state index is 14.9. The molecule has 3 saturated carbocycles. The molecule has 4 fully saturated rings. The van der Waals surface area contributed by atoms with Crippen LogP contribution in [0.4, 0.5) is 32.2 Å². The summed E-state index contributed by atoms with van der Waals surface area (Å²) in [5.41, 5.74) is -5.83. The van der Waals surface area contributed by atoms with Crippen molar-refractivity contribution in [3.8, 4) is 5.69 Å². The van der Waals surface area contributed by atoms with Gasteiger partial charge in [-0.25, -0.2) is 18.2 Å². The summed E-state index contributed by atoms with van der Waals surface area (Å²) in [6.07, 6.45) is -5.87. The van der Waals surface area contributed by atoms with Crippen molar-refractivity contribution >= 4 is 28.7 Å². The Bertz CT molecular complexity index is 1610. The van der Waals surface area contributed by atoms with E-state index in [0.717, 1.165) is 15.7 Å². The van der Waals surface area contributed by atoms with E-state index in [1.165, 1.54) is 12.1 Å². The standard InChI is InChI=1S/C25H18F6N4O4/c26-11-3-15(27)19(16(28)4-11)35-7-14(22(39)33-24-8-23(9-24,10-24)25(29,30)31)20(38)13-1-2-17(32-21(13)35)34-6-12(36)5-18(34)37/h1-4,7,12,36H,5-6,8-10H2,(H,33,39)/t12-,23?,24?/m0/s1. The molecule has 1 aliphatic heterocycles. The van der Waals surface area contributed by atoms with Crippen molar-refractivity contribution in [3.63, 3.8) is 0 Å². The van der Waals surface area contributed by atoms with Crippen molar-refractivity contribution in [1.82, 2.24) is 14.9 Å². The first-order chi connectivity index (χ1) is 18.2. The summed E-state index contributed by atoms with van der Waals surface area (Å²) in [5.74, 6) is -5.61. The molecule has 3 aliphatic carbocycles. The van der Waals surface area contributed by atoms with Gasteiger partial charge in [0.15, 0.2) is 17.3 Å². The van der Waals surface area contributed by atoms with Gasteiger partial charge >= 0.3 is 6.18 Å². The quantitative estimate of drug-likeness (QED) is 0.485. The third-order valence-electron chi connectivity index (χ3n) is 7.69. The van der Waals surface area contributed by atoms with Crippen LogP contribution in [0, 0.1) is 22.9 Å². The molecule has 3 heterocycles. The highest BCUT2D eigenvalue weighted by Crippen LogP contribution is 2.73. The molecule has 8 nitrogen and oxygen atoms in total. The van der Waals surface area contributed by atoms with Gasteiger partial charge in [-0.2, -0.15) is 13.2 Å². The molecule has 14 heteroatoms. The molecule has 0 radical (unpaired) electrons. The molecule has 7 rings (SSSR count). The van der Waals surface area contributed by atoms with Crippen LogP contribution in [0.1, 0.15) is 36.0 Å². The number of fused-ring (bicyclic) bond motifs is 1. The van der Waals surface area contributed by atoms with E-state index in [0.29, 0.717) is 12.1 Å². The predicted molar refractivity (Wildman–Crippen MR) is 123 cm³/mol. The van der Waals surface area contributed by atoms with E-state index in [-0.39, 0.29) is 49.1 Å². The van der Waals surface area contributed by atoms with Gasteiger partial charge in [-0.15, -0.1) is 0 Å². The van der Waals surface area contributed by atoms with Gasteiger partial charge in [0, 0.05) is 23.9 Å². The molecule has 4 aliphatic rings. The number of nitrogens with zero attached hydrogens (tertiary/aromatic N) is 3. The number of amides is 2. The maximum Gasteiger partial charge on any atom is 0.394 e. The highest BCUT2D eigenvalue weighted by molar-refractivity contribution is 5.99. The number of β-amino-alcohol motifs (C(OH)–C–C–N with tert-alkyl or cyclic N) is 1. The lowest BCUT2D eigenvalue weighted by molar-refractivity contribution is -0.336. The van der Waals surface area contributed by atoms with E-state index in [4.69, 9.17) is 0 Å². The van der Waals surface area contributed by atoms with E-state index in [2.05, 4.69) is 10.3 Å². The first-order valence-electron chi connectivity index (χ1n) is 11.8. The zero-order chi connectivity index (χ0) is 28.1. The molecule has 1 atom stereocenters.